The summed E-state index contributed by atoms with van der Waals surface area (Å²) in [6, 6.07) is 32.1. The van der Waals surface area contributed by atoms with Crippen LogP contribution in [0.4, 0.5) is 34.1 Å². The summed E-state index contributed by atoms with van der Waals surface area (Å²) in [4.78, 5) is 0. The lowest BCUT2D eigenvalue weighted by Crippen LogP contribution is -2.32. The predicted molar refractivity (Wildman–Crippen MR) is 153 cm³/mol. The fourth-order valence-electron chi connectivity index (χ4n) is 4.62. The van der Waals surface area contributed by atoms with Gasteiger partial charge in [0, 0.05) is 32.9 Å². The first-order valence-electron chi connectivity index (χ1n) is 12.3. The van der Waals surface area contributed by atoms with Crippen LogP contribution in [0.3, 0.4) is 0 Å². The molecule has 0 fully saturated rings. The number of allylic oxidation sites excluding steroid dienone is 1. The van der Waals surface area contributed by atoms with E-state index in [0.29, 0.717) is 0 Å². The molecule has 0 spiro atoms. The van der Waals surface area contributed by atoms with Crippen LogP contribution in [0.2, 0.25) is 0 Å². The summed E-state index contributed by atoms with van der Waals surface area (Å²) in [6.45, 7) is 4.18. The van der Waals surface area contributed by atoms with Gasteiger partial charge in [-0.3, -0.25) is 0 Å². The highest BCUT2D eigenvalue weighted by Crippen LogP contribution is 2.41. The Bertz CT molecular complexity index is 1690. The number of nitrogens with one attached hydrogen (secondary N) is 2. The van der Waals surface area contributed by atoms with E-state index in [1.54, 1.807) is 0 Å². The summed E-state index contributed by atoms with van der Waals surface area (Å²) in [6.07, 6.45) is 2.19. The van der Waals surface area contributed by atoms with Gasteiger partial charge in [0.05, 0.1) is 22.7 Å². The summed E-state index contributed by atoms with van der Waals surface area (Å²) in [5.74, 6) is 0. The van der Waals surface area contributed by atoms with Crippen molar-refractivity contribution in [3.05, 3.63) is 109 Å². The maximum absolute atomic E-state index is 4.69. The number of fused-ring (bicyclic) bond motifs is 1. The number of hydrogen-bond acceptors (Lipinski definition) is 6. The molecule has 0 saturated carbocycles. The molecule has 1 aliphatic heterocycles. The van der Waals surface area contributed by atoms with E-state index in [4.69, 9.17) is 5.11 Å². The maximum Gasteiger partial charge on any atom is 0.119 e. The lowest BCUT2D eigenvalue weighted by Gasteiger charge is -2.30. The average Bonchev–Trinajstić information content (AvgIpc) is 2.96. The van der Waals surface area contributed by atoms with Crippen molar-refractivity contribution in [2.75, 3.05) is 10.6 Å². The minimum atomic E-state index is 0.0690. The molecule has 6 rings (SSSR count). The van der Waals surface area contributed by atoms with Crippen molar-refractivity contribution >= 4 is 55.7 Å². The van der Waals surface area contributed by atoms with Gasteiger partial charge in [-0.1, -0.05) is 60.7 Å². The molecule has 180 valence electrons. The summed E-state index contributed by atoms with van der Waals surface area (Å²) in [5, 5.41) is 29.6. The smallest absolute Gasteiger partial charge is 0.119 e. The zero-order valence-electron chi connectivity index (χ0n) is 20.7. The largest absolute Gasteiger partial charge is 0.361 e. The minimum Gasteiger partial charge on any atom is -0.361 e. The first kappa shape index (κ1) is 22.6. The second-order valence-electron chi connectivity index (χ2n) is 9.00. The third-order valence-electron chi connectivity index (χ3n) is 6.70. The summed E-state index contributed by atoms with van der Waals surface area (Å²) in [5.41, 5.74) is 6.64. The molecule has 0 aromatic heterocycles. The molecular weight excluding hydrogens is 456 g/mol. The highest BCUT2D eigenvalue weighted by Gasteiger charge is 2.21. The molecule has 1 atom stereocenters. The number of anilines is 2. The average molecular weight is 483 g/mol. The Balaban J connectivity index is 1.36. The van der Waals surface area contributed by atoms with Gasteiger partial charge < -0.3 is 10.6 Å². The van der Waals surface area contributed by atoms with Gasteiger partial charge in [-0.15, -0.1) is 15.3 Å². The molecule has 0 amide bonds. The maximum atomic E-state index is 4.69. The van der Waals surface area contributed by atoms with Crippen LogP contribution in [-0.2, 0) is 0 Å². The summed E-state index contributed by atoms with van der Waals surface area (Å²) < 4.78 is 0. The lowest BCUT2D eigenvalue weighted by atomic mass is 10.0. The van der Waals surface area contributed by atoms with Crippen molar-refractivity contribution in [3.8, 4) is 0 Å². The van der Waals surface area contributed by atoms with Crippen LogP contribution < -0.4 is 10.6 Å². The van der Waals surface area contributed by atoms with Crippen LogP contribution in [0.5, 0.6) is 0 Å². The van der Waals surface area contributed by atoms with Crippen molar-refractivity contribution in [3.63, 3.8) is 0 Å². The molecule has 0 saturated heterocycles. The van der Waals surface area contributed by atoms with Gasteiger partial charge >= 0.3 is 0 Å². The van der Waals surface area contributed by atoms with Crippen LogP contribution in [0.15, 0.2) is 129 Å². The SMILES string of the molecule is C/C=C(\C)C1Nc2cccc3c(N=Nc4ccc(N=Nc5ccccc5)c5ccccc45)ccc(c23)N1. The number of rotatable bonds is 5. The third kappa shape index (κ3) is 4.34. The van der Waals surface area contributed by atoms with Gasteiger partial charge in [0.15, 0.2) is 0 Å². The van der Waals surface area contributed by atoms with Gasteiger partial charge in [-0.05, 0) is 61.9 Å². The first-order valence-corrected chi connectivity index (χ1v) is 12.3. The number of nitrogens with zero attached hydrogens (tertiary/aromatic N) is 4. The van der Waals surface area contributed by atoms with Crippen LogP contribution in [-0.4, -0.2) is 6.17 Å². The number of benzene rings is 5. The van der Waals surface area contributed by atoms with E-state index < -0.39 is 0 Å². The fourth-order valence-corrected chi connectivity index (χ4v) is 4.62. The van der Waals surface area contributed by atoms with Crippen LogP contribution in [0, 0.1) is 0 Å². The first-order chi connectivity index (χ1) is 18.2. The van der Waals surface area contributed by atoms with E-state index in [0.717, 1.165) is 55.7 Å². The summed E-state index contributed by atoms with van der Waals surface area (Å²) in [7, 11) is 0. The van der Waals surface area contributed by atoms with E-state index in [-0.39, 0.29) is 6.17 Å². The third-order valence-corrected chi connectivity index (χ3v) is 6.70. The van der Waals surface area contributed by atoms with Crippen LogP contribution in [0.1, 0.15) is 13.8 Å². The Labute approximate surface area is 215 Å². The Hall–Kier alpha value is -4.84. The molecule has 1 aliphatic rings. The normalized spacial score (nSPS) is 15.4. The lowest BCUT2D eigenvalue weighted by molar-refractivity contribution is 0.930. The monoisotopic (exact) mass is 482 g/mol. The highest BCUT2D eigenvalue weighted by atomic mass is 15.2. The second-order valence-corrected chi connectivity index (χ2v) is 9.00. The molecular formula is C31H26N6. The zero-order valence-corrected chi connectivity index (χ0v) is 20.7. The van der Waals surface area contributed by atoms with E-state index in [1.807, 2.05) is 72.8 Å². The Kier molecular flexibility index (Phi) is 5.91. The molecule has 5 aromatic carbocycles. The molecule has 0 radical (unpaired) electrons. The second kappa shape index (κ2) is 9.66. The topological polar surface area (TPSA) is 73.5 Å². The zero-order chi connectivity index (χ0) is 25.2. The van der Waals surface area contributed by atoms with Gasteiger partial charge in [-0.25, -0.2) is 0 Å². The van der Waals surface area contributed by atoms with E-state index >= 15 is 0 Å². The summed E-state index contributed by atoms with van der Waals surface area (Å²) >= 11 is 0. The number of hydrogen-bond donors (Lipinski definition) is 2. The molecule has 6 nitrogen and oxygen atoms in total. The highest BCUT2D eigenvalue weighted by molar-refractivity contribution is 6.09. The van der Waals surface area contributed by atoms with Crippen LogP contribution >= 0.6 is 0 Å². The Morgan fingerprint density at radius 1 is 0.595 bits per heavy atom. The van der Waals surface area contributed by atoms with Crippen molar-refractivity contribution < 1.29 is 0 Å². The van der Waals surface area contributed by atoms with Gasteiger partial charge in [0.1, 0.15) is 6.17 Å². The van der Waals surface area contributed by atoms with Gasteiger partial charge in [0.2, 0.25) is 0 Å². The molecule has 6 heteroatoms. The standard InChI is InChI=1S/C31H26N6/c1-3-20(2)31-32-28-15-9-14-24-27(18-19-29(33-31)30(24)28)37-36-26-17-16-25(22-12-7-8-13-23(22)26)35-34-21-10-5-4-6-11-21/h3-19,31-33H,1-2H3/b20-3+,35-34?,37-36?. The van der Waals surface area contributed by atoms with Crippen molar-refractivity contribution in [1.82, 2.24) is 0 Å². The molecule has 1 heterocycles. The fraction of sp³-hybridized carbons (Fsp3) is 0.0968. The van der Waals surface area contributed by atoms with Gasteiger partial charge in [-0.2, -0.15) is 5.11 Å². The molecule has 0 aliphatic carbocycles. The molecule has 1 unspecified atom stereocenters. The predicted octanol–water partition coefficient (Wildman–Crippen LogP) is 9.95. The van der Waals surface area contributed by atoms with E-state index in [9.17, 15) is 0 Å². The molecule has 0 bridgehead atoms. The quantitative estimate of drug-likeness (QED) is 0.193. The molecule has 5 aromatic rings. The minimum absolute atomic E-state index is 0.0690. The number of azo groups is 2. The molecule has 2 N–H and O–H groups in total. The molecule has 37 heavy (non-hydrogen) atoms. The van der Waals surface area contributed by atoms with E-state index in [2.05, 4.69) is 70.2 Å². The van der Waals surface area contributed by atoms with Crippen LogP contribution in [0.25, 0.3) is 21.5 Å². The van der Waals surface area contributed by atoms with E-state index in [1.165, 1.54) is 5.57 Å². The van der Waals surface area contributed by atoms with Crippen molar-refractivity contribution in [2.45, 2.75) is 20.0 Å². The Morgan fingerprint density at radius 2 is 1.14 bits per heavy atom. The van der Waals surface area contributed by atoms with Gasteiger partial charge in [0.25, 0.3) is 0 Å². The van der Waals surface area contributed by atoms with Crippen molar-refractivity contribution in [1.29, 1.82) is 0 Å². The van der Waals surface area contributed by atoms with Crippen molar-refractivity contribution in [2.24, 2.45) is 20.5 Å². The Morgan fingerprint density at radius 3 is 1.81 bits per heavy atom.